The molecule has 0 radical (unpaired) electrons. The highest BCUT2D eigenvalue weighted by Gasteiger charge is 2.51. The lowest BCUT2D eigenvalue weighted by atomic mass is 9.95. The van der Waals surface area contributed by atoms with Crippen LogP contribution in [0.25, 0.3) is 42.3 Å². The molecule has 15 heteroatoms. The summed E-state index contributed by atoms with van der Waals surface area (Å²) in [6.07, 6.45) is 3.40. The third-order valence-corrected chi connectivity index (χ3v) is 14.4. The molecule has 1 saturated carbocycles. The number of aliphatic imine (C=N–C) groups is 1. The fourth-order valence-corrected chi connectivity index (χ4v) is 11.3. The van der Waals surface area contributed by atoms with Gasteiger partial charge < -0.3 is 40.2 Å². The highest BCUT2D eigenvalue weighted by Crippen LogP contribution is 2.50. The van der Waals surface area contributed by atoms with E-state index in [1.165, 1.54) is 34.4 Å². The average molecular weight is 847 g/mol. The quantitative estimate of drug-likeness (QED) is 0.112. The number of thiophene rings is 1. The molecule has 3 aliphatic heterocycles. The van der Waals surface area contributed by atoms with Crippen LogP contribution in [0, 0.1) is 17.8 Å². The molecule has 5 heterocycles. The van der Waals surface area contributed by atoms with Crippen LogP contribution >= 0.6 is 11.3 Å². The predicted octanol–water partition coefficient (Wildman–Crippen LogP) is 7.44. The van der Waals surface area contributed by atoms with E-state index in [1.807, 2.05) is 37.5 Å². The highest BCUT2D eigenvalue weighted by molar-refractivity contribution is 7.25. The van der Waals surface area contributed by atoms with Gasteiger partial charge >= 0.3 is 12.2 Å². The van der Waals surface area contributed by atoms with E-state index in [0.29, 0.717) is 19.0 Å². The van der Waals surface area contributed by atoms with Gasteiger partial charge in [0.1, 0.15) is 23.7 Å². The summed E-state index contributed by atoms with van der Waals surface area (Å²) in [6.45, 7) is 8.92. The average Bonchev–Trinajstić information content (AvgIpc) is 4.12. The number of nitrogens with one attached hydrogen (secondary N) is 4. The van der Waals surface area contributed by atoms with Crippen molar-refractivity contribution in [1.82, 2.24) is 35.7 Å². The minimum Gasteiger partial charge on any atom is -0.453 e. The molecular formula is C46H54N8O6S. The van der Waals surface area contributed by atoms with Gasteiger partial charge in [-0.25, -0.2) is 14.6 Å². The van der Waals surface area contributed by atoms with Crippen LogP contribution in [0.15, 0.2) is 59.6 Å². The van der Waals surface area contributed by atoms with Crippen molar-refractivity contribution >= 4 is 72.4 Å². The van der Waals surface area contributed by atoms with Crippen molar-refractivity contribution < 1.29 is 28.7 Å². The van der Waals surface area contributed by atoms with Gasteiger partial charge in [-0.2, -0.15) is 0 Å². The molecule has 4 amide bonds. The largest absolute Gasteiger partial charge is 0.453 e. The fraction of sp³-hybridized carbons (Fsp3) is 0.478. The first-order chi connectivity index (χ1) is 29.4. The van der Waals surface area contributed by atoms with E-state index in [-0.39, 0.29) is 47.8 Å². The number of likely N-dealkylation sites (tertiary alicyclic amines) is 2. The number of amides is 4. The molecule has 0 spiro atoms. The summed E-state index contributed by atoms with van der Waals surface area (Å²) in [6, 6.07) is 18.0. The number of amidine groups is 1. The first-order valence-corrected chi connectivity index (χ1v) is 22.3. The van der Waals surface area contributed by atoms with Crippen LogP contribution < -0.4 is 16.0 Å². The Morgan fingerprint density at radius 3 is 2.21 bits per heavy atom. The van der Waals surface area contributed by atoms with Crippen LogP contribution in [0.1, 0.15) is 83.3 Å². The topological polar surface area (TPSA) is 170 Å². The number of imidazole rings is 1. The maximum absolute atomic E-state index is 14.1. The fourth-order valence-electron chi connectivity index (χ4n) is 10.1. The van der Waals surface area contributed by atoms with E-state index in [2.05, 4.69) is 75.5 Å². The normalized spacial score (nSPS) is 23.2. The Morgan fingerprint density at radius 1 is 0.820 bits per heavy atom. The van der Waals surface area contributed by atoms with E-state index >= 15 is 0 Å². The summed E-state index contributed by atoms with van der Waals surface area (Å²) < 4.78 is 12.0. The maximum atomic E-state index is 14.1. The molecule has 2 bridgehead atoms. The van der Waals surface area contributed by atoms with Crippen LogP contribution in [0.4, 0.5) is 9.59 Å². The molecule has 4 aliphatic rings. The zero-order valence-corrected chi connectivity index (χ0v) is 36.3. The molecule has 3 fully saturated rings. The minimum absolute atomic E-state index is 0.00407. The van der Waals surface area contributed by atoms with E-state index in [1.54, 1.807) is 11.3 Å². The van der Waals surface area contributed by atoms with Gasteiger partial charge in [0.05, 0.1) is 49.9 Å². The number of fused-ring (bicyclic) bond motifs is 6. The van der Waals surface area contributed by atoms with Gasteiger partial charge in [-0.1, -0.05) is 58.0 Å². The Bertz CT molecular complexity index is 2560. The van der Waals surface area contributed by atoms with Crippen LogP contribution in [0.5, 0.6) is 0 Å². The lowest BCUT2D eigenvalue weighted by Crippen LogP contribution is -2.54. The second-order valence-electron chi connectivity index (χ2n) is 17.7. The molecule has 1 unspecified atom stereocenters. The second kappa shape index (κ2) is 16.3. The number of ether oxygens (including phenoxy) is 2. The van der Waals surface area contributed by atoms with Crippen molar-refractivity contribution in [3.63, 3.8) is 0 Å². The Kier molecular flexibility index (Phi) is 10.9. The number of H-pyrrole nitrogens is 1. The zero-order valence-electron chi connectivity index (χ0n) is 35.5. The standard InChI is InChI=1S/C46H54N8O6S/c1-23(2)38(51-45(57)59-5)43(55)53-17-7-8-35(53)41-47-22-34(50-41)27-11-15-31-30-14-10-26(20-36(30)61-37(31)21-27)25-12-16-32-33(19-25)49-42(48-32)40-28-9-13-29(18-28)54(40)44(56)39(24(3)4)52-46(58)60-6/h10-12,14-16,19-21,23-24,28-29,34-35,38-40H,7-9,13,17-18,22H2,1-6H3,(H,47,50)(H,48,49)(H,51,57)(H,52,58)/t28-,29+,34?,35-,38-,39-,40-/m0/s1. The van der Waals surface area contributed by atoms with Gasteiger partial charge in [-0.05, 0) is 90.8 Å². The van der Waals surface area contributed by atoms with Crippen LogP contribution in [0.2, 0.25) is 0 Å². The molecule has 2 saturated heterocycles. The number of alkyl carbamates (subject to hydrolysis) is 2. The number of hydrogen-bond acceptors (Lipinski definition) is 10. The van der Waals surface area contributed by atoms with Crippen molar-refractivity contribution in [2.45, 2.75) is 96.1 Å². The van der Waals surface area contributed by atoms with Crippen molar-refractivity contribution in [3.05, 3.63) is 66.0 Å². The van der Waals surface area contributed by atoms with Crippen molar-refractivity contribution in [1.29, 1.82) is 0 Å². The summed E-state index contributed by atoms with van der Waals surface area (Å²) in [5.74, 6) is 1.53. The molecule has 7 atom stereocenters. The number of methoxy groups -OCH3 is 2. The molecule has 2 aromatic heterocycles. The highest BCUT2D eigenvalue weighted by atomic mass is 32.1. The molecule has 4 N–H and O–H groups in total. The van der Waals surface area contributed by atoms with E-state index < -0.39 is 24.3 Å². The van der Waals surface area contributed by atoms with Crippen LogP contribution in [-0.4, -0.2) is 101 Å². The van der Waals surface area contributed by atoms with Crippen molar-refractivity contribution in [2.75, 3.05) is 27.3 Å². The first kappa shape index (κ1) is 40.7. The summed E-state index contributed by atoms with van der Waals surface area (Å²) in [7, 11) is 2.62. The first-order valence-electron chi connectivity index (χ1n) is 21.5. The zero-order chi connectivity index (χ0) is 42.7. The SMILES string of the molecule is COC(=O)N[C@H](C(=O)N1CCC[C@H]1C1=NCC(c2ccc3c(c2)sc2cc(-c4ccc5nc([C@@H]6[C@H]7CC[C@H](C7)N6C(=O)[C@@H](NC(=O)OC)C(C)C)[nH]c5c4)ccc23)N1)C(C)C. The monoisotopic (exact) mass is 846 g/mol. The second-order valence-corrected chi connectivity index (χ2v) is 18.8. The van der Waals surface area contributed by atoms with Gasteiger partial charge in [0.2, 0.25) is 11.8 Å². The Balaban J connectivity index is 0.920. The molecule has 5 aromatic rings. The smallest absolute Gasteiger partial charge is 0.407 e. The number of rotatable bonds is 10. The molecule has 9 rings (SSSR count). The third-order valence-electron chi connectivity index (χ3n) is 13.3. The Labute approximate surface area is 358 Å². The van der Waals surface area contributed by atoms with Gasteiger partial charge in [-0.15, -0.1) is 11.3 Å². The number of aromatic amines is 1. The number of piperidine rings is 1. The lowest BCUT2D eigenvalue weighted by Gasteiger charge is -2.37. The summed E-state index contributed by atoms with van der Waals surface area (Å²) in [4.78, 5) is 69.4. The Hall–Kier alpha value is -5.70. The number of carbonyl (C=O) groups is 4. The van der Waals surface area contributed by atoms with E-state index in [4.69, 9.17) is 19.5 Å². The number of carbonyl (C=O) groups excluding carboxylic acids is 4. The van der Waals surface area contributed by atoms with Gasteiger partial charge in [0.25, 0.3) is 0 Å². The number of hydrogen-bond donors (Lipinski definition) is 4. The van der Waals surface area contributed by atoms with Crippen molar-refractivity contribution in [3.8, 4) is 11.1 Å². The number of benzene rings is 3. The summed E-state index contributed by atoms with van der Waals surface area (Å²) in [5.41, 5.74) is 5.11. The maximum Gasteiger partial charge on any atom is 0.407 e. The summed E-state index contributed by atoms with van der Waals surface area (Å²) >= 11 is 1.78. The van der Waals surface area contributed by atoms with Crippen LogP contribution in [-0.2, 0) is 19.1 Å². The molecule has 1 aliphatic carbocycles. The third kappa shape index (κ3) is 7.44. The van der Waals surface area contributed by atoms with Crippen LogP contribution in [0.3, 0.4) is 0 Å². The molecule has 14 nitrogen and oxygen atoms in total. The van der Waals surface area contributed by atoms with Crippen molar-refractivity contribution in [2.24, 2.45) is 22.7 Å². The molecule has 320 valence electrons. The summed E-state index contributed by atoms with van der Waals surface area (Å²) in [5, 5.41) is 11.6. The van der Waals surface area contributed by atoms with Gasteiger partial charge in [-0.3, -0.25) is 14.6 Å². The van der Waals surface area contributed by atoms with E-state index in [9.17, 15) is 19.2 Å². The minimum atomic E-state index is -0.684. The molecular weight excluding hydrogens is 793 g/mol. The predicted molar refractivity (Wildman–Crippen MR) is 236 cm³/mol. The van der Waals surface area contributed by atoms with Gasteiger partial charge in [0, 0.05) is 32.8 Å². The van der Waals surface area contributed by atoms with E-state index in [0.717, 1.165) is 71.5 Å². The Morgan fingerprint density at radius 2 is 1.49 bits per heavy atom. The molecule has 3 aromatic carbocycles. The lowest BCUT2D eigenvalue weighted by molar-refractivity contribution is -0.139. The van der Waals surface area contributed by atoms with Gasteiger partial charge in [0.15, 0.2) is 0 Å². The number of aromatic nitrogens is 2. The molecule has 61 heavy (non-hydrogen) atoms. The number of nitrogens with zero attached hydrogens (tertiary/aromatic N) is 4.